The van der Waals surface area contributed by atoms with Crippen molar-refractivity contribution >= 4 is 25.7 Å². The van der Waals surface area contributed by atoms with E-state index in [1.54, 1.807) is 0 Å². The molecule has 1 aromatic rings. The molecular weight excluding hydrogens is 323 g/mol. The number of benzene rings is 1. The maximum absolute atomic E-state index is 13.7. The molecule has 0 aromatic heterocycles. The van der Waals surface area contributed by atoms with Crippen LogP contribution in [0.4, 0.5) is 10.1 Å². The number of anilines is 1. The monoisotopic (exact) mass is 338 g/mol. The van der Waals surface area contributed by atoms with Crippen LogP contribution in [0.5, 0.6) is 0 Å². The predicted octanol–water partition coefficient (Wildman–Crippen LogP) is 0.394. The summed E-state index contributed by atoms with van der Waals surface area (Å²) in [6.07, 6.45) is 1.01. The van der Waals surface area contributed by atoms with Gasteiger partial charge in [-0.3, -0.25) is 4.72 Å². The summed E-state index contributed by atoms with van der Waals surface area (Å²) in [7, 11) is -7.83. The molecule has 0 saturated carbocycles. The van der Waals surface area contributed by atoms with Crippen molar-refractivity contribution in [1.82, 2.24) is 0 Å². The van der Waals surface area contributed by atoms with Crippen LogP contribution in [0.3, 0.4) is 0 Å². The van der Waals surface area contributed by atoms with Gasteiger partial charge in [-0.2, -0.15) is 0 Å². The highest BCUT2D eigenvalue weighted by atomic mass is 32.2. The van der Waals surface area contributed by atoms with Gasteiger partial charge in [-0.05, 0) is 31.0 Å². The molecular formula is C11H15FN2O5S2. The number of primary sulfonamides is 1. The third-order valence-electron chi connectivity index (χ3n) is 2.96. The van der Waals surface area contributed by atoms with E-state index in [1.165, 1.54) is 0 Å². The minimum atomic E-state index is -4.04. The van der Waals surface area contributed by atoms with Gasteiger partial charge in [0.1, 0.15) is 5.82 Å². The van der Waals surface area contributed by atoms with Gasteiger partial charge in [0.2, 0.25) is 20.0 Å². The minimum Gasteiger partial charge on any atom is -0.377 e. The highest BCUT2D eigenvalue weighted by Gasteiger charge is 2.24. The number of rotatable bonds is 5. The van der Waals surface area contributed by atoms with Gasteiger partial charge in [0.05, 0.1) is 22.4 Å². The average Bonchev–Trinajstić information content (AvgIpc) is 2.82. The Labute approximate surface area is 122 Å². The Hall–Kier alpha value is -1.23. The van der Waals surface area contributed by atoms with Crippen LogP contribution in [-0.2, 0) is 24.8 Å². The first-order chi connectivity index (χ1) is 9.67. The summed E-state index contributed by atoms with van der Waals surface area (Å²) in [6.45, 7) is 0.512. The predicted molar refractivity (Wildman–Crippen MR) is 74.2 cm³/mol. The van der Waals surface area contributed by atoms with E-state index >= 15 is 0 Å². The molecule has 2 rings (SSSR count). The standard InChI is InChI=1S/C11H15FN2O5S2/c12-10-6-9(21(13,17)18)3-4-11(10)14-20(15,16)7-8-2-1-5-19-8/h3-4,6,8,14H,1-2,5,7H2,(H2,13,17,18). The number of halogens is 1. The molecule has 0 bridgehead atoms. The summed E-state index contributed by atoms with van der Waals surface area (Å²) < 4.78 is 66.9. The zero-order valence-corrected chi connectivity index (χ0v) is 12.6. The zero-order chi connectivity index (χ0) is 15.7. The van der Waals surface area contributed by atoms with Gasteiger partial charge in [-0.15, -0.1) is 0 Å². The van der Waals surface area contributed by atoms with E-state index in [0.717, 1.165) is 18.6 Å². The summed E-state index contributed by atoms with van der Waals surface area (Å²) in [5, 5.41) is 4.86. The number of hydrogen-bond donors (Lipinski definition) is 2. The topological polar surface area (TPSA) is 116 Å². The molecule has 1 atom stereocenters. The van der Waals surface area contributed by atoms with Gasteiger partial charge < -0.3 is 4.74 Å². The summed E-state index contributed by atoms with van der Waals surface area (Å²) in [5.74, 6) is -1.29. The van der Waals surface area contributed by atoms with Crippen molar-refractivity contribution in [2.45, 2.75) is 23.8 Å². The molecule has 3 N–H and O–H groups in total. The van der Waals surface area contributed by atoms with Crippen LogP contribution in [0.2, 0.25) is 0 Å². The van der Waals surface area contributed by atoms with Crippen LogP contribution in [0.25, 0.3) is 0 Å². The maximum atomic E-state index is 13.7. The first-order valence-corrected chi connectivity index (χ1v) is 9.32. The Balaban J connectivity index is 2.15. The molecule has 0 radical (unpaired) electrons. The average molecular weight is 338 g/mol. The Kier molecular flexibility index (Phi) is 4.51. The van der Waals surface area contributed by atoms with Crippen molar-refractivity contribution in [3.05, 3.63) is 24.0 Å². The lowest BCUT2D eigenvalue weighted by Gasteiger charge is -2.13. The SMILES string of the molecule is NS(=O)(=O)c1ccc(NS(=O)(=O)CC2CCCO2)c(F)c1. The third kappa shape index (κ3) is 4.37. The van der Waals surface area contributed by atoms with E-state index < -0.39 is 36.9 Å². The molecule has 1 aliphatic rings. The van der Waals surface area contributed by atoms with E-state index in [-0.39, 0.29) is 11.4 Å². The van der Waals surface area contributed by atoms with Gasteiger partial charge >= 0.3 is 0 Å². The van der Waals surface area contributed by atoms with Gasteiger partial charge in [0.25, 0.3) is 0 Å². The van der Waals surface area contributed by atoms with E-state index in [2.05, 4.69) is 4.72 Å². The molecule has 0 amide bonds. The molecule has 7 nitrogen and oxygen atoms in total. The Morgan fingerprint density at radius 1 is 1.33 bits per heavy atom. The van der Waals surface area contributed by atoms with Crippen LogP contribution in [0.15, 0.2) is 23.1 Å². The van der Waals surface area contributed by atoms with Crippen molar-refractivity contribution < 1.29 is 26.0 Å². The fraction of sp³-hybridized carbons (Fsp3) is 0.455. The van der Waals surface area contributed by atoms with Gasteiger partial charge in [0, 0.05) is 6.61 Å². The molecule has 118 valence electrons. The number of sulfonamides is 2. The fourth-order valence-corrected chi connectivity index (χ4v) is 3.85. The molecule has 1 saturated heterocycles. The molecule has 1 heterocycles. The quantitative estimate of drug-likeness (QED) is 0.806. The Morgan fingerprint density at radius 2 is 2.05 bits per heavy atom. The summed E-state index contributed by atoms with van der Waals surface area (Å²) in [5.41, 5.74) is -0.333. The minimum absolute atomic E-state index is 0.274. The van der Waals surface area contributed by atoms with Gasteiger partial charge in [-0.1, -0.05) is 0 Å². The first kappa shape index (κ1) is 16.1. The molecule has 1 aromatic carbocycles. The van der Waals surface area contributed by atoms with Crippen LogP contribution in [-0.4, -0.2) is 35.3 Å². The first-order valence-electron chi connectivity index (χ1n) is 6.12. The second kappa shape index (κ2) is 5.87. The maximum Gasteiger partial charge on any atom is 0.238 e. The van der Waals surface area contributed by atoms with E-state index in [0.29, 0.717) is 19.1 Å². The lowest BCUT2D eigenvalue weighted by Crippen LogP contribution is -2.26. The summed E-state index contributed by atoms with van der Waals surface area (Å²) in [4.78, 5) is -0.429. The molecule has 0 spiro atoms. The normalized spacial score (nSPS) is 19.6. The van der Waals surface area contributed by atoms with Crippen molar-refractivity contribution in [2.75, 3.05) is 17.1 Å². The number of nitrogens with one attached hydrogen (secondary N) is 1. The number of hydrogen-bond acceptors (Lipinski definition) is 5. The molecule has 1 fully saturated rings. The molecule has 10 heteroatoms. The second-order valence-electron chi connectivity index (χ2n) is 4.71. The molecule has 1 unspecified atom stereocenters. The van der Waals surface area contributed by atoms with E-state index in [1.807, 2.05) is 0 Å². The van der Waals surface area contributed by atoms with Crippen molar-refractivity contribution in [2.24, 2.45) is 5.14 Å². The van der Waals surface area contributed by atoms with E-state index in [9.17, 15) is 21.2 Å². The zero-order valence-electron chi connectivity index (χ0n) is 11.0. The van der Waals surface area contributed by atoms with Crippen LogP contribution < -0.4 is 9.86 Å². The highest BCUT2D eigenvalue weighted by Crippen LogP contribution is 2.21. The molecule has 1 aliphatic heterocycles. The van der Waals surface area contributed by atoms with Gasteiger partial charge in [-0.25, -0.2) is 26.4 Å². The van der Waals surface area contributed by atoms with Gasteiger partial charge in [0.15, 0.2) is 0 Å². The molecule has 21 heavy (non-hydrogen) atoms. The lowest BCUT2D eigenvalue weighted by molar-refractivity contribution is 0.127. The second-order valence-corrected chi connectivity index (χ2v) is 8.03. The molecule has 0 aliphatic carbocycles. The number of ether oxygens (including phenoxy) is 1. The summed E-state index contributed by atoms with van der Waals surface area (Å²) in [6, 6.07) is 2.71. The van der Waals surface area contributed by atoms with Crippen LogP contribution >= 0.6 is 0 Å². The van der Waals surface area contributed by atoms with Crippen molar-refractivity contribution in [3.63, 3.8) is 0 Å². The lowest BCUT2D eigenvalue weighted by atomic mass is 10.3. The van der Waals surface area contributed by atoms with Crippen molar-refractivity contribution in [1.29, 1.82) is 0 Å². The number of nitrogens with two attached hydrogens (primary N) is 1. The largest absolute Gasteiger partial charge is 0.377 e. The van der Waals surface area contributed by atoms with Crippen molar-refractivity contribution in [3.8, 4) is 0 Å². The highest BCUT2D eigenvalue weighted by molar-refractivity contribution is 7.92. The Morgan fingerprint density at radius 3 is 2.57 bits per heavy atom. The summed E-state index contributed by atoms with van der Waals surface area (Å²) >= 11 is 0. The van der Waals surface area contributed by atoms with Crippen LogP contribution in [0.1, 0.15) is 12.8 Å². The van der Waals surface area contributed by atoms with Crippen LogP contribution in [0, 0.1) is 5.82 Å². The third-order valence-corrected chi connectivity index (χ3v) is 5.22. The van der Waals surface area contributed by atoms with E-state index in [4.69, 9.17) is 9.88 Å². The fourth-order valence-electron chi connectivity index (χ4n) is 1.99. The Bertz CT molecular complexity index is 727. The smallest absolute Gasteiger partial charge is 0.238 e.